The molecular formula is C23H21ClN2O. The minimum Gasteiger partial charge on any atom is -0.483 e. The fourth-order valence-electron chi connectivity index (χ4n) is 3.22. The molecule has 136 valence electrons. The van der Waals surface area contributed by atoms with Gasteiger partial charge in [0, 0.05) is 11.6 Å². The van der Waals surface area contributed by atoms with Crippen molar-refractivity contribution in [3.05, 3.63) is 94.8 Å². The molecule has 1 atom stereocenters. The highest BCUT2D eigenvalue weighted by Gasteiger charge is 2.18. The molecule has 0 aliphatic carbocycles. The van der Waals surface area contributed by atoms with Crippen LogP contribution in [0.4, 0.5) is 0 Å². The zero-order chi connectivity index (χ0) is 18.8. The summed E-state index contributed by atoms with van der Waals surface area (Å²) >= 11 is 5.97. The molecule has 1 aromatic heterocycles. The van der Waals surface area contributed by atoms with Crippen molar-refractivity contribution in [3.8, 4) is 5.75 Å². The van der Waals surface area contributed by atoms with Crippen LogP contribution in [0.5, 0.6) is 5.75 Å². The molecular weight excluding hydrogens is 356 g/mol. The van der Waals surface area contributed by atoms with Crippen LogP contribution in [0, 0.1) is 6.92 Å². The Kier molecular flexibility index (Phi) is 4.87. The number of hydrogen-bond acceptors (Lipinski definition) is 2. The van der Waals surface area contributed by atoms with E-state index in [1.54, 1.807) is 0 Å². The standard InChI is InChI=1S/C23H21ClN2O/c1-16-7-9-18(10-8-16)15-26-22-6-4-3-5-21(22)25-23(26)17(2)27-20-13-11-19(24)12-14-20/h3-14,17H,15H2,1-2H3. The first-order valence-corrected chi connectivity index (χ1v) is 9.41. The van der Waals surface area contributed by atoms with E-state index in [0.717, 1.165) is 29.2 Å². The second kappa shape index (κ2) is 7.45. The third-order valence-electron chi connectivity index (χ3n) is 4.64. The van der Waals surface area contributed by atoms with E-state index in [1.807, 2.05) is 49.4 Å². The smallest absolute Gasteiger partial charge is 0.153 e. The summed E-state index contributed by atoms with van der Waals surface area (Å²) in [4.78, 5) is 4.85. The van der Waals surface area contributed by atoms with Gasteiger partial charge in [-0.05, 0) is 55.8 Å². The van der Waals surface area contributed by atoms with E-state index in [-0.39, 0.29) is 6.10 Å². The lowest BCUT2D eigenvalue weighted by molar-refractivity contribution is 0.212. The molecule has 4 aromatic rings. The van der Waals surface area contributed by atoms with E-state index in [9.17, 15) is 0 Å². The van der Waals surface area contributed by atoms with Crippen LogP contribution in [0.2, 0.25) is 5.02 Å². The Hall–Kier alpha value is -2.78. The fourth-order valence-corrected chi connectivity index (χ4v) is 3.34. The molecule has 4 heteroatoms. The van der Waals surface area contributed by atoms with Crippen molar-refractivity contribution < 1.29 is 4.74 Å². The first kappa shape index (κ1) is 17.6. The molecule has 0 spiro atoms. The monoisotopic (exact) mass is 376 g/mol. The number of imidazole rings is 1. The second-order valence-corrected chi connectivity index (χ2v) is 7.18. The minimum atomic E-state index is -0.191. The van der Waals surface area contributed by atoms with Gasteiger partial charge >= 0.3 is 0 Å². The molecule has 1 unspecified atom stereocenters. The number of benzene rings is 3. The Labute approximate surface area is 164 Å². The highest BCUT2D eigenvalue weighted by atomic mass is 35.5. The van der Waals surface area contributed by atoms with Crippen LogP contribution in [0.1, 0.15) is 30.0 Å². The number of aromatic nitrogens is 2. The normalized spacial score (nSPS) is 12.3. The third kappa shape index (κ3) is 3.83. The minimum absolute atomic E-state index is 0.191. The quantitative estimate of drug-likeness (QED) is 0.415. The summed E-state index contributed by atoms with van der Waals surface area (Å²) in [5.41, 5.74) is 4.59. The average molecular weight is 377 g/mol. The molecule has 3 aromatic carbocycles. The lowest BCUT2D eigenvalue weighted by Crippen LogP contribution is -2.12. The first-order valence-electron chi connectivity index (χ1n) is 9.03. The second-order valence-electron chi connectivity index (χ2n) is 6.74. The summed E-state index contributed by atoms with van der Waals surface area (Å²) in [6, 6.07) is 24.2. The van der Waals surface area contributed by atoms with Crippen LogP contribution in [0.25, 0.3) is 11.0 Å². The number of para-hydroxylation sites is 2. The number of halogens is 1. The van der Waals surface area contributed by atoms with E-state index in [2.05, 4.69) is 41.8 Å². The molecule has 0 radical (unpaired) electrons. The third-order valence-corrected chi connectivity index (χ3v) is 4.89. The Morgan fingerprint density at radius 3 is 2.41 bits per heavy atom. The van der Waals surface area contributed by atoms with Gasteiger partial charge in [0.05, 0.1) is 11.0 Å². The van der Waals surface area contributed by atoms with Gasteiger partial charge in [-0.2, -0.15) is 0 Å². The van der Waals surface area contributed by atoms with Crippen LogP contribution in [-0.2, 0) is 6.54 Å². The van der Waals surface area contributed by atoms with Crippen molar-refractivity contribution in [2.45, 2.75) is 26.5 Å². The Morgan fingerprint density at radius 1 is 0.963 bits per heavy atom. The Morgan fingerprint density at radius 2 is 1.67 bits per heavy atom. The van der Waals surface area contributed by atoms with Crippen LogP contribution in [0.3, 0.4) is 0 Å². The van der Waals surface area contributed by atoms with E-state index in [0.29, 0.717) is 5.02 Å². The van der Waals surface area contributed by atoms with Crippen molar-refractivity contribution in [2.24, 2.45) is 0 Å². The molecule has 0 aliphatic rings. The van der Waals surface area contributed by atoms with Gasteiger partial charge in [0.15, 0.2) is 11.9 Å². The fraction of sp³-hybridized carbons (Fsp3) is 0.174. The zero-order valence-electron chi connectivity index (χ0n) is 15.4. The van der Waals surface area contributed by atoms with Crippen molar-refractivity contribution in [3.63, 3.8) is 0 Å². The molecule has 0 fully saturated rings. The maximum Gasteiger partial charge on any atom is 0.153 e. The molecule has 0 aliphatic heterocycles. The number of ether oxygens (including phenoxy) is 1. The molecule has 27 heavy (non-hydrogen) atoms. The maximum absolute atomic E-state index is 6.14. The first-order chi connectivity index (χ1) is 13.1. The summed E-state index contributed by atoms with van der Waals surface area (Å²) in [6.45, 7) is 4.88. The molecule has 1 heterocycles. The Bertz CT molecular complexity index is 1050. The average Bonchev–Trinajstić information content (AvgIpc) is 3.04. The maximum atomic E-state index is 6.14. The van der Waals surface area contributed by atoms with Gasteiger partial charge in [-0.3, -0.25) is 0 Å². The van der Waals surface area contributed by atoms with Crippen LogP contribution in [-0.4, -0.2) is 9.55 Å². The summed E-state index contributed by atoms with van der Waals surface area (Å²) in [5.74, 6) is 1.69. The van der Waals surface area contributed by atoms with Crippen molar-refractivity contribution in [1.82, 2.24) is 9.55 Å². The van der Waals surface area contributed by atoms with E-state index in [4.69, 9.17) is 21.3 Å². The van der Waals surface area contributed by atoms with Crippen LogP contribution >= 0.6 is 11.6 Å². The van der Waals surface area contributed by atoms with E-state index >= 15 is 0 Å². The predicted molar refractivity (Wildman–Crippen MR) is 111 cm³/mol. The molecule has 0 amide bonds. The van der Waals surface area contributed by atoms with Crippen molar-refractivity contribution in [1.29, 1.82) is 0 Å². The molecule has 0 bridgehead atoms. The SMILES string of the molecule is Cc1ccc(Cn2c(C(C)Oc3ccc(Cl)cc3)nc3ccccc32)cc1. The van der Waals surface area contributed by atoms with Crippen molar-refractivity contribution >= 4 is 22.6 Å². The van der Waals surface area contributed by atoms with Gasteiger partial charge < -0.3 is 9.30 Å². The van der Waals surface area contributed by atoms with Crippen molar-refractivity contribution in [2.75, 3.05) is 0 Å². The van der Waals surface area contributed by atoms with Gasteiger partial charge in [-0.15, -0.1) is 0 Å². The summed E-state index contributed by atoms with van der Waals surface area (Å²) in [6.07, 6.45) is -0.191. The lowest BCUT2D eigenvalue weighted by Gasteiger charge is -2.17. The number of aryl methyl sites for hydroxylation is 1. The molecule has 4 rings (SSSR count). The van der Waals surface area contributed by atoms with Crippen LogP contribution < -0.4 is 4.74 Å². The number of rotatable bonds is 5. The molecule has 3 nitrogen and oxygen atoms in total. The largest absolute Gasteiger partial charge is 0.483 e. The number of hydrogen-bond donors (Lipinski definition) is 0. The van der Waals surface area contributed by atoms with Crippen LogP contribution in [0.15, 0.2) is 72.8 Å². The molecule has 0 N–H and O–H groups in total. The summed E-state index contributed by atoms with van der Waals surface area (Å²) in [5, 5.41) is 0.696. The highest BCUT2D eigenvalue weighted by Crippen LogP contribution is 2.27. The lowest BCUT2D eigenvalue weighted by atomic mass is 10.1. The number of fused-ring (bicyclic) bond motifs is 1. The summed E-state index contributed by atoms with van der Waals surface area (Å²) < 4.78 is 8.38. The topological polar surface area (TPSA) is 27.1 Å². The molecule has 0 saturated heterocycles. The zero-order valence-corrected chi connectivity index (χ0v) is 16.1. The summed E-state index contributed by atoms with van der Waals surface area (Å²) in [7, 11) is 0. The van der Waals surface area contributed by atoms with Gasteiger partial charge in [0.2, 0.25) is 0 Å². The molecule has 0 saturated carbocycles. The van der Waals surface area contributed by atoms with Gasteiger partial charge in [0.1, 0.15) is 5.75 Å². The number of nitrogens with zero attached hydrogens (tertiary/aromatic N) is 2. The van der Waals surface area contributed by atoms with E-state index in [1.165, 1.54) is 11.1 Å². The van der Waals surface area contributed by atoms with Gasteiger partial charge in [0.25, 0.3) is 0 Å². The van der Waals surface area contributed by atoms with Gasteiger partial charge in [-0.1, -0.05) is 53.6 Å². The predicted octanol–water partition coefficient (Wildman–Crippen LogP) is 6.19. The van der Waals surface area contributed by atoms with Gasteiger partial charge in [-0.25, -0.2) is 4.98 Å². The van der Waals surface area contributed by atoms with E-state index < -0.39 is 0 Å². The Balaban J connectivity index is 1.70. The highest BCUT2D eigenvalue weighted by molar-refractivity contribution is 6.30.